The molecule has 0 saturated carbocycles. The number of nitrogen functional groups attached to an aromatic ring is 2. The Kier molecular flexibility index (Phi) is 18.5. The van der Waals surface area contributed by atoms with Crippen molar-refractivity contribution >= 4 is 57.7 Å². The minimum Gasteiger partial charge on any atom is -0.495 e. The Labute approximate surface area is 283 Å². The van der Waals surface area contributed by atoms with Gasteiger partial charge in [0, 0.05) is 55.3 Å². The first-order valence-electron chi connectivity index (χ1n) is 15.4. The predicted octanol–water partition coefficient (Wildman–Crippen LogP) is 7.74. The highest BCUT2D eigenvalue weighted by Crippen LogP contribution is 2.43. The van der Waals surface area contributed by atoms with Crippen LogP contribution in [0.3, 0.4) is 0 Å². The molecule has 2 aliphatic heterocycles. The van der Waals surface area contributed by atoms with Crippen molar-refractivity contribution in [3.05, 3.63) is 69.8 Å². The molecule has 0 aliphatic carbocycles. The molecule has 4 N–H and O–H groups in total. The van der Waals surface area contributed by atoms with E-state index in [0.717, 1.165) is 16.8 Å². The fourth-order valence-electron chi connectivity index (χ4n) is 4.52. The van der Waals surface area contributed by atoms with Crippen LogP contribution >= 0.6 is 11.6 Å². The second kappa shape index (κ2) is 20.5. The maximum absolute atomic E-state index is 12.1. The van der Waals surface area contributed by atoms with Gasteiger partial charge in [-0.3, -0.25) is 19.7 Å². The van der Waals surface area contributed by atoms with Crippen molar-refractivity contribution in [1.82, 2.24) is 5.06 Å². The predicted molar refractivity (Wildman–Crippen MR) is 190 cm³/mol. The molecule has 0 bridgehead atoms. The SMILES string of the molecule is C=CC.CC.CC.COc1cc2c(cc1N)C(C)=CC(C)(C)N2CCCC(=O)ON1C(=O)CCC1=O.Nc1ccc([N+](=O)[O-])cc1Cl. The number of hydrogen-bond acceptors (Lipinski definition) is 10. The van der Waals surface area contributed by atoms with Crippen LogP contribution in [0.25, 0.3) is 5.57 Å². The fourth-order valence-corrected chi connectivity index (χ4v) is 4.70. The molecule has 2 aliphatic rings. The lowest BCUT2D eigenvalue weighted by molar-refractivity contribution is -0.384. The van der Waals surface area contributed by atoms with E-state index in [1.165, 1.54) is 18.2 Å². The van der Waals surface area contributed by atoms with Crippen LogP contribution < -0.4 is 21.1 Å². The van der Waals surface area contributed by atoms with Crippen molar-refractivity contribution in [3.8, 4) is 5.75 Å². The van der Waals surface area contributed by atoms with E-state index in [1.807, 2.05) is 53.7 Å². The Morgan fingerprint density at radius 1 is 1.09 bits per heavy atom. The van der Waals surface area contributed by atoms with E-state index >= 15 is 0 Å². The number of benzene rings is 2. The number of nitrogens with two attached hydrogens (primary N) is 2. The van der Waals surface area contributed by atoms with Gasteiger partial charge >= 0.3 is 5.97 Å². The van der Waals surface area contributed by atoms with E-state index < -0.39 is 22.7 Å². The van der Waals surface area contributed by atoms with Crippen molar-refractivity contribution < 1.29 is 28.9 Å². The van der Waals surface area contributed by atoms with Gasteiger partial charge in [-0.1, -0.05) is 51.4 Å². The third-order valence-corrected chi connectivity index (χ3v) is 6.81. The number of hydroxylamine groups is 2. The van der Waals surface area contributed by atoms with E-state index in [4.69, 9.17) is 32.6 Å². The van der Waals surface area contributed by atoms with Crippen molar-refractivity contribution in [3.63, 3.8) is 0 Å². The van der Waals surface area contributed by atoms with Crippen LogP contribution in [0.1, 0.15) is 86.6 Å². The summed E-state index contributed by atoms with van der Waals surface area (Å²) in [6.07, 6.45) is 4.68. The van der Waals surface area contributed by atoms with Crippen LogP contribution in [0.15, 0.2) is 49.1 Å². The summed E-state index contributed by atoms with van der Waals surface area (Å²) in [5.74, 6) is -0.936. The Morgan fingerprint density at radius 2 is 1.64 bits per heavy atom. The van der Waals surface area contributed by atoms with Gasteiger partial charge < -0.3 is 25.9 Å². The zero-order valence-corrected chi connectivity index (χ0v) is 29.8. The smallest absolute Gasteiger partial charge is 0.333 e. The van der Waals surface area contributed by atoms with E-state index in [1.54, 1.807) is 13.2 Å². The minimum absolute atomic E-state index is 0.0517. The standard InChI is InChI=1S/C21H27N3O5.C6H5ClN2O2.C3H6.2C2H6/c1-13-12-21(2,3)23(16-11-17(28-4)15(22)10-14(13)16)9-5-6-20(27)29-24-18(25)7-8-19(24)26;7-5-3-4(9(10)11)1-2-6(5)8;1-3-2;2*1-2/h10-12H,5-9,22H2,1-4H3;1-3H,8H2;3H,1H2,2H3;2*1-2H3. The quantitative estimate of drug-likeness (QED) is 0.0972. The minimum atomic E-state index is -0.592. The van der Waals surface area contributed by atoms with E-state index in [0.29, 0.717) is 35.2 Å². The summed E-state index contributed by atoms with van der Waals surface area (Å²) in [4.78, 5) is 52.0. The molecule has 2 aromatic carbocycles. The molecule has 0 unspecified atom stereocenters. The molecule has 260 valence electrons. The van der Waals surface area contributed by atoms with E-state index in [2.05, 4.69) is 31.4 Å². The monoisotopic (exact) mass is 675 g/mol. The van der Waals surface area contributed by atoms with Crippen LogP contribution in [0.2, 0.25) is 5.02 Å². The average Bonchev–Trinajstić information content (AvgIpc) is 3.34. The number of allylic oxidation sites excluding steroid dienone is 2. The Balaban J connectivity index is 0.000000974. The Morgan fingerprint density at radius 3 is 2.13 bits per heavy atom. The average molecular weight is 676 g/mol. The number of non-ortho nitro benzene ring substituents is 1. The molecule has 1 saturated heterocycles. The zero-order valence-electron chi connectivity index (χ0n) is 29.0. The van der Waals surface area contributed by atoms with Gasteiger partial charge in [-0.15, -0.1) is 11.6 Å². The molecule has 0 atom stereocenters. The van der Waals surface area contributed by atoms with Gasteiger partial charge in [0.25, 0.3) is 17.5 Å². The molecular weight excluding hydrogens is 626 g/mol. The number of hydrogen-bond donors (Lipinski definition) is 2. The van der Waals surface area contributed by atoms with Gasteiger partial charge in [0.2, 0.25) is 0 Å². The zero-order chi connectivity index (χ0) is 36.5. The third kappa shape index (κ3) is 12.3. The van der Waals surface area contributed by atoms with Crippen molar-refractivity contribution in [2.45, 2.75) is 86.6 Å². The van der Waals surface area contributed by atoms with Crippen molar-refractivity contribution in [2.75, 3.05) is 30.0 Å². The van der Waals surface area contributed by atoms with Crippen LogP contribution in [0.4, 0.5) is 22.7 Å². The van der Waals surface area contributed by atoms with Crippen molar-refractivity contribution in [1.29, 1.82) is 0 Å². The summed E-state index contributed by atoms with van der Waals surface area (Å²) in [5.41, 5.74) is 15.1. The summed E-state index contributed by atoms with van der Waals surface area (Å²) in [6.45, 7) is 20.1. The second-order valence-corrected chi connectivity index (χ2v) is 10.7. The number of rotatable bonds is 7. The lowest BCUT2D eigenvalue weighted by Crippen LogP contribution is -2.45. The van der Waals surface area contributed by atoms with Gasteiger partial charge in [-0.25, -0.2) is 4.79 Å². The maximum atomic E-state index is 12.1. The maximum Gasteiger partial charge on any atom is 0.333 e. The lowest BCUT2D eigenvalue weighted by Gasteiger charge is -2.43. The molecule has 4 rings (SSSR count). The molecule has 2 amide bonds. The highest BCUT2D eigenvalue weighted by molar-refractivity contribution is 6.33. The van der Waals surface area contributed by atoms with Gasteiger partial charge in [-0.2, -0.15) is 0 Å². The first kappa shape index (κ1) is 42.4. The number of carbonyl (C=O) groups is 3. The fraction of sp³-hybridized carbons (Fsp3) is 0.441. The lowest BCUT2D eigenvalue weighted by atomic mass is 9.88. The number of nitro groups is 1. The molecule has 47 heavy (non-hydrogen) atoms. The van der Waals surface area contributed by atoms with Crippen LogP contribution in [-0.4, -0.2) is 47.0 Å². The molecule has 12 nitrogen and oxygen atoms in total. The summed E-state index contributed by atoms with van der Waals surface area (Å²) in [5, 5.41) is 11.0. The molecule has 13 heteroatoms. The molecule has 2 aromatic rings. The molecule has 0 aromatic heterocycles. The number of nitro benzene ring substituents is 1. The third-order valence-electron chi connectivity index (χ3n) is 6.49. The number of carbonyl (C=O) groups excluding carboxylic acids is 3. The highest BCUT2D eigenvalue weighted by Gasteiger charge is 2.34. The normalized spacial score (nSPS) is 13.8. The first-order valence-corrected chi connectivity index (χ1v) is 15.8. The number of halogens is 1. The molecule has 2 heterocycles. The summed E-state index contributed by atoms with van der Waals surface area (Å²) in [7, 11) is 1.58. The number of amides is 2. The van der Waals surface area contributed by atoms with Gasteiger partial charge in [0.15, 0.2) is 0 Å². The van der Waals surface area contributed by atoms with Gasteiger partial charge in [-0.05, 0) is 51.8 Å². The Hall–Kier alpha value is -4.58. The summed E-state index contributed by atoms with van der Waals surface area (Å²) < 4.78 is 5.39. The number of anilines is 3. The molecule has 0 spiro atoms. The van der Waals surface area contributed by atoms with E-state index in [9.17, 15) is 24.5 Å². The molecule has 1 fully saturated rings. The number of methoxy groups -OCH3 is 1. The van der Waals surface area contributed by atoms with Gasteiger partial charge in [0.1, 0.15) is 5.75 Å². The number of ether oxygens (including phenoxy) is 1. The Bertz CT molecular complexity index is 1410. The molecule has 0 radical (unpaired) electrons. The number of nitrogens with zero attached hydrogens (tertiary/aromatic N) is 3. The second-order valence-electron chi connectivity index (χ2n) is 10.3. The highest BCUT2D eigenvalue weighted by atomic mass is 35.5. The van der Waals surface area contributed by atoms with Crippen LogP contribution in [0, 0.1) is 10.1 Å². The number of imide groups is 1. The van der Waals surface area contributed by atoms with E-state index in [-0.39, 0.29) is 35.5 Å². The number of fused-ring (bicyclic) bond motifs is 1. The van der Waals surface area contributed by atoms with Crippen LogP contribution in [0.5, 0.6) is 5.75 Å². The first-order chi connectivity index (χ1) is 22.2. The topological polar surface area (TPSA) is 171 Å². The summed E-state index contributed by atoms with van der Waals surface area (Å²) >= 11 is 5.53. The van der Waals surface area contributed by atoms with Gasteiger partial charge in [0.05, 0.1) is 34.0 Å². The van der Waals surface area contributed by atoms with Crippen LogP contribution in [-0.2, 0) is 19.2 Å². The summed E-state index contributed by atoms with van der Waals surface area (Å²) in [6, 6.07) is 7.75. The van der Waals surface area contributed by atoms with Crippen molar-refractivity contribution in [2.24, 2.45) is 0 Å². The largest absolute Gasteiger partial charge is 0.495 e. The molecular formula is C34H50ClN5O7.